The van der Waals surface area contributed by atoms with Crippen LogP contribution in [0.5, 0.6) is 5.75 Å². The van der Waals surface area contributed by atoms with Crippen LogP contribution in [-0.2, 0) is 9.47 Å². The first kappa shape index (κ1) is 12.7. The van der Waals surface area contributed by atoms with Crippen molar-refractivity contribution in [1.82, 2.24) is 0 Å². The maximum absolute atomic E-state index is 11.8. The molecule has 4 nitrogen and oxygen atoms in total. The van der Waals surface area contributed by atoms with E-state index in [-0.39, 0.29) is 12.6 Å². The molecule has 0 unspecified atom stereocenters. The van der Waals surface area contributed by atoms with Crippen molar-refractivity contribution in [2.75, 3.05) is 21.0 Å². The van der Waals surface area contributed by atoms with E-state index in [9.17, 15) is 4.79 Å². The molecular formula is C12H16O4. The molecule has 16 heavy (non-hydrogen) atoms. The number of ether oxygens (including phenoxy) is 3. The van der Waals surface area contributed by atoms with Gasteiger partial charge in [0, 0.05) is 12.7 Å². The molecule has 0 bridgehead atoms. The smallest absolute Gasteiger partial charge is 0.191 e. The van der Waals surface area contributed by atoms with Gasteiger partial charge in [-0.2, -0.15) is 0 Å². The third kappa shape index (κ3) is 3.32. The van der Waals surface area contributed by atoms with Gasteiger partial charge in [0.2, 0.25) is 0 Å². The standard InChI is InChI=1S/C12H16O4/c1-9(16-8-14-2)12(13)10-4-6-11(15-3)7-5-10/h4-7,9H,8H2,1-3H3/t9-/m0/s1. The number of hydrogen-bond donors (Lipinski definition) is 0. The van der Waals surface area contributed by atoms with E-state index in [4.69, 9.17) is 14.2 Å². The fraction of sp³-hybridized carbons (Fsp3) is 0.417. The number of rotatable bonds is 6. The summed E-state index contributed by atoms with van der Waals surface area (Å²) in [5.74, 6) is 0.654. The molecule has 0 spiro atoms. The van der Waals surface area contributed by atoms with Crippen molar-refractivity contribution >= 4 is 5.78 Å². The van der Waals surface area contributed by atoms with E-state index in [2.05, 4.69) is 0 Å². The minimum Gasteiger partial charge on any atom is -0.497 e. The molecule has 0 aromatic heterocycles. The zero-order valence-corrected chi connectivity index (χ0v) is 9.73. The number of Topliss-reactive ketones (excluding diaryl/α,β-unsaturated/α-hetero) is 1. The minimum absolute atomic E-state index is 0.0697. The van der Waals surface area contributed by atoms with Crippen LogP contribution in [0.15, 0.2) is 24.3 Å². The summed E-state index contributed by atoms with van der Waals surface area (Å²) in [4.78, 5) is 11.8. The normalized spacial score (nSPS) is 12.2. The molecule has 0 saturated heterocycles. The molecule has 0 fully saturated rings. The number of benzene rings is 1. The van der Waals surface area contributed by atoms with Gasteiger partial charge in [-0.3, -0.25) is 4.79 Å². The SMILES string of the molecule is COCO[C@@H](C)C(=O)c1ccc(OC)cc1. The lowest BCUT2D eigenvalue weighted by molar-refractivity contribution is -0.0541. The van der Waals surface area contributed by atoms with Crippen molar-refractivity contribution in [3.63, 3.8) is 0 Å². The monoisotopic (exact) mass is 224 g/mol. The van der Waals surface area contributed by atoms with Gasteiger partial charge in [0.05, 0.1) is 7.11 Å². The molecule has 1 rings (SSSR count). The molecule has 0 saturated carbocycles. The van der Waals surface area contributed by atoms with Gasteiger partial charge in [0.25, 0.3) is 0 Å². The third-order valence-corrected chi connectivity index (χ3v) is 2.18. The van der Waals surface area contributed by atoms with Gasteiger partial charge in [0.1, 0.15) is 18.6 Å². The fourth-order valence-electron chi connectivity index (χ4n) is 1.24. The lowest BCUT2D eigenvalue weighted by Crippen LogP contribution is -2.21. The van der Waals surface area contributed by atoms with Crippen LogP contribution < -0.4 is 4.74 Å². The molecule has 0 radical (unpaired) electrons. The van der Waals surface area contributed by atoms with Crippen LogP contribution in [0.1, 0.15) is 17.3 Å². The third-order valence-electron chi connectivity index (χ3n) is 2.18. The van der Waals surface area contributed by atoms with Crippen molar-refractivity contribution in [1.29, 1.82) is 0 Å². The lowest BCUT2D eigenvalue weighted by atomic mass is 10.1. The maximum atomic E-state index is 11.8. The van der Waals surface area contributed by atoms with Crippen LogP contribution in [0, 0.1) is 0 Å². The van der Waals surface area contributed by atoms with Gasteiger partial charge < -0.3 is 14.2 Å². The number of carbonyl (C=O) groups excluding carboxylic acids is 1. The Kier molecular flexibility index (Phi) is 4.95. The molecule has 0 N–H and O–H groups in total. The van der Waals surface area contributed by atoms with Gasteiger partial charge in [-0.05, 0) is 31.2 Å². The Morgan fingerprint density at radius 1 is 1.25 bits per heavy atom. The van der Waals surface area contributed by atoms with Crippen LogP contribution >= 0.6 is 0 Å². The van der Waals surface area contributed by atoms with E-state index in [1.54, 1.807) is 38.3 Å². The number of ketones is 1. The topological polar surface area (TPSA) is 44.8 Å². The summed E-state index contributed by atoms with van der Waals surface area (Å²) in [5.41, 5.74) is 0.601. The molecule has 0 aliphatic rings. The molecule has 0 aliphatic carbocycles. The van der Waals surface area contributed by atoms with Crippen LogP contribution in [-0.4, -0.2) is 32.9 Å². The van der Waals surface area contributed by atoms with Gasteiger partial charge in [-0.25, -0.2) is 0 Å². The van der Waals surface area contributed by atoms with Crippen molar-refractivity contribution < 1.29 is 19.0 Å². The molecule has 0 amide bonds. The van der Waals surface area contributed by atoms with Crippen LogP contribution in [0.25, 0.3) is 0 Å². The Morgan fingerprint density at radius 3 is 2.38 bits per heavy atom. The average Bonchev–Trinajstić information content (AvgIpc) is 2.35. The Hall–Kier alpha value is -1.39. The largest absolute Gasteiger partial charge is 0.497 e. The summed E-state index contributed by atoms with van der Waals surface area (Å²) >= 11 is 0. The summed E-state index contributed by atoms with van der Waals surface area (Å²) in [6.45, 7) is 1.81. The second kappa shape index (κ2) is 6.25. The van der Waals surface area contributed by atoms with Crippen LogP contribution in [0.3, 0.4) is 0 Å². The lowest BCUT2D eigenvalue weighted by Gasteiger charge is -2.11. The molecule has 1 atom stereocenters. The molecular weight excluding hydrogens is 208 g/mol. The van der Waals surface area contributed by atoms with E-state index in [0.717, 1.165) is 5.75 Å². The van der Waals surface area contributed by atoms with E-state index in [1.807, 2.05) is 0 Å². The van der Waals surface area contributed by atoms with Crippen molar-refractivity contribution in [3.8, 4) is 5.75 Å². The highest BCUT2D eigenvalue weighted by Gasteiger charge is 2.15. The second-order valence-electron chi connectivity index (χ2n) is 3.31. The fourth-order valence-corrected chi connectivity index (χ4v) is 1.24. The van der Waals surface area contributed by atoms with Crippen molar-refractivity contribution in [3.05, 3.63) is 29.8 Å². The van der Waals surface area contributed by atoms with Gasteiger partial charge >= 0.3 is 0 Å². The van der Waals surface area contributed by atoms with Crippen molar-refractivity contribution in [2.45, 2.75) is 13.0 Å². The van der Waals surface area contributed by atoms with Gasteiger partial charge in [-0.1, -0.05) is 0 Å². The Bertz CT molecular complexity index is 331. The number of methoxy groups -OCH3 is 2. The summed E-state index contributed by atoms with van der Waals surface area (Å²) in [6.07, 6.45) is -0.506. The first-order valence-corrected chi connectivity index (χ1v) is 4.98. The zero-order chi connectivity index (χ0) is 12.0. The predicted octanol–water partition coefficient (Wildman–Crippen LogP) is 1.89. The van der Waals surface area contributed by atoms with Crippen molar-refractivity contribution in [2.24, 2.45) is 0 Å². The van der Waals surface area contributed by atoms with E-state index in [1.165, 1.54) is 7.11 Å². The molecule has 88 valence electrons. The molecule has 0 heterocycles. The quantitative estimate of drug-likeness (QED) is 0.546. The minimum atomic E-state index is -0.506. The van der Waals surface area contributed by atoms with Gasteiger partial charge in [-0.15, -0.1) is 0 Å². The number of carbonyl (C=O) groups is 1. The molecule has 1 aromatic carbocycles. The Balaban J connectivity index is 2.64. The highest BCUT2D eigenvalue weighted by atomic mass is 16.7. The number of hydrogen-bond acceptors (Lipinski definition) is 4. The molecule has 1 aromatic rings. The van der Waals surface area contributed by atoms with Crippen LogP contribution in [0.4, 0.5) is 0 Å². The van der Waals surface area contributed by atoms with Crippen LogP contribution in [0.2, 0.25) is 0 Å². The first-order chi connectivity index (χ1) is 7.69. The summed E-state index contributed by atoms with van der Waals surface area (Å²) in [6, 6.07) is 6.92. The maximum Gasteiger partial charge on any atom is 0.191 e. The summed E-state index contributed by atoms with van der Waals surface area (Å²) < 4.78 is 14.9. The van der Waals surface area contributed by atoms with E-state index in [0.29, 0.717) is 5.56 Å². The first-order valence-electron chi connectivity index (χ1n) is 4.98. The van der Waals surface area contributed by atoms with E-state index < -0.39 is 6.10 Å². The Labute approximate surface area is 95.1 Å². The van der Waals surface area contributed by atoms with Gasteiger partial charge in [0.15, 0.2) is 5.78 Å². The predicted molar refractivity (Wildman–Crippen MR) is 59.7 cm³/mol. The average molecular weight is 224 g/mol. The molecule has 0 aliphatic heterocycles. The Morgan fingerprint density at radius 2 is 1.88 bits per heavy atom. The highest BCUT2D eigenvalue weighted by Crippen LogP contribution is 2.13. The van der Waals surface area contributed by atoms with E-state index >= 15 is 0 Å². The second-order valence-corrected chi connectivity index (χ2v) is 3.31. The summed E-state index contributed by atoms with van der Waals surface area (Å²) in [7, 11) is 3.10. The highest BCUT2D eigenvalue weighted by molar-refractivity contribution is 5.99. The molecule has 4 heteroatoms. The zero-order valence-electron chi connectivity index (χ0n) is 9.73. The summed E-state index contributed by atoms with van der Waals surface area (Å²) in [5, 5.41) is 0.